The maximum atomic E-state index is 5.19. The third-order valence-corrected chi connectivity index (χ3v) is 10.3. The Morgan fingerprint density at radius 2 is 1.00 bits per heavy atom. The summed E-state index contributed by atoms with van der Waals surface area (Å²) < 4.78 is 4.46. The van der Waals surface area contributed by atoms with Crippen LogP contribution in [-0.2, 0) is 26.5 Å². The third-order valence-electron chi connectivity index (χ3n) is 10.3. The van der Waals surface area contributed by atoms with Crippen molar-refractivity contribution in [3.8, 4) is 34.2 Å². The van der Waals surface area contributed by atoms with Gasteiger partial charge in [-0.3, -0.25) is 9.97 Å². The summed E-state index contributed by atoms with van der Waals surface area (Å²) in [5.74, 6) is 1.69. The van der Waals surface area contributed by atoms with Gasteiger partial charge in [-0.2, -0.15) is 0 Å². The first-order chi connectivity index (χ1) is 25.6. The van der Waals surface area contributed by atoms with Gasteiger partial charge in [0.2, 0.25) is 0 Å². The molecule has 0 saturated heterocycles. The molecule has 1 aliphatic heterocycles. The van der Waals surface area contributed by atoms with Crippen molar-refractivity contribution >= 4 is 39.1 Å². The van der Waals surface area contributed by atoms with Crippen LogP contribution < -0.4 is 4.90 Å². The molecular weight excluding hydrogens is 830 g/mol. The number of nitrogens with zero attached hydrogens (tertiary/aromatic N) is 5. The molecule has 0 amide bonds. The zero-order valence-electron chi connectivity index (χ0n) is 29.1. The van der Waals surface area contributed by atoms with Crippen molar-refractivity contribution in [2.75, 3.05) is 4.90 Å². The van der Waals surface area contributed by atoms with Crippen LogP contribution in [0.15, 0.2) is 164 Å². The van der Waals surface area contributed by atoms with Crippen molar-refractivity contribution in [1.29, 1.82) is 0 Å². The van der Waals surface area contributed by atoms with Crippen LogP contribution in [0.2, 0.25) is 0 Å². The Bertz CT molecular complexity index is 2780. The number of aromatic nitrogens is 4. The van der Waals surface area contributed by atoms with Crippen molar-refractivity contribution in [3.63, 3.8) is 0 Å². The van der Waals surface area contributed by atoms with Crippen LogP contribution in [0.25, 0.3) is 56.2 Å². The summed E-state index contributed by atoms with van der Waals surface area (Å²) >= 11 is 0. The smallest absolute Gasteiger partial charge is 0.346 e. The van der Waals surface area contributed by atoms with Gasteiger partial charge in [-0.05, 0) is 77.0 Å². The predicted octanol–water partition coefficient (Wildman–Crippen LogP) is 11.4. The van der Waals surface area contributed by atoms with Gasteiger partial charge in [0, 0.05) is 17.1 Å². The van der Waals surface area contributed by atoms with Gasteiger partial charge in [-0.15, -0.1) is 53.6 Å². The van der Waals surface area contributed by atoms with Gasteiger partial charge < -0.3 is 14.0 Å². The first-order valence-corrected chi connectivity index (χ1v) is 17.6. The summed E-state index contributed by atoms with van der Waals surface area (Å²) in [7, 11) is 0. The normalized spacial score (nSPS) is 13.1. The molecule has 0 bridgehead atoms. The Balaban J connectivity index is 0.00000372. The van der Waals surface area contributed by atoms with Crippen molar-refractivity contribution in [2.24, 2.45) is 0 Å². The van der Waals surface area contributed by atoms with E-state index in [-0.39, 0.29) is 26.5 Å². The minimum atomic E-state index is -0.268. The molecule has 0 aliphatic carbocycles. The summed E-state index contributed by atoms with van der Waals surface area (Å²) in [6, 6.07) is 64.7. The van der Waals surface area contributed by atoms with E-state index in [9.17, 15) is 0 Å². The van der Waals surface area contributed by atoms with E-state index < -0.39 is 0 Å². The van der Waals surface area contributed by atoms with Gasteiger partial charge in [0.05, 0.1) is 33.7 Å². The van der Waals surface area contributed by atoms with Crippen LogP contribution in [0.5, 0.6) is 0 Å². The Morgan fingerprint density at radius 1 is 0.472 bits per heavy atom. The van der Waals surface area contributed by atoms with Crippen LogP contribution in [0.1, 0.15) is 25.0 Å². The van der Waals surface area contributed by atoms with Gasteiger partial charge in [0.15, 0.2) is 0 Å². The monoisotopic (exact) mass is 862 g/mol. The second kappa shape index (κ2) is 12.9. The van der Waals surface area contributed by atoms with Crippen LogP contribution in [0.4, 0.5) is 17.1 Å². The van der Waals surface area contributed by atoms with Crippen molar-refractivity contribution in [2.45, 2.75) is 19.3 Å². The molecule has 0 saturated carbocycles. The number of anilines is 3. The average molecular weight is 863 g/mol. The first kappa shape index (κ1) is 32.8. The molecule has 53 heavy (non-hydrogen) atoms. The zero-order chi connectivity index (χ0) is 34.8. The molecule has 0 radical (unpaired) electrons. The number of fused-ring (bicyclic) bond motifs is 4. The van der Waals surface area contributed by atoms with Crippen LogP contribution in [0.3, 0.4) is 0 Å². The number of benzene rings is 7. The maximum absolute atomic E-state index is 5.19. The number of rotatable bonds is 5. The summed E-state index contributed by atoms with van der Waals surface area (Å²) in [6.45, 7) is 4.61. The van der Waals surface area contributed by atoms with E-state index in [4.69, 9.17) is 9.97 Å². The molecule has 9 aromatic rings. The van der Waals surface area contributed by atoms with Crippen LogP contribution in [-0.4, -0.2) is 19.1 Å². The van der Waals surface area contributed by atoms with E-state index >= 15 is 0 Å². The molecule has 0 spiro atoms. The number of hydrogen-bond acceptors (Lipinski definition) is 3. The Kier molecular flexibility index (Phi) is 7.98. The fraction of sp³-hybridized carbons (Fsp3) is 0.0638. The SMILES string of the molecule is CC1(C)c2ccc(-c3nc4ccccc4n3-c3ccccc3)[c-]c2N(c2[c-]c(-c3nc4ccccc4n3-c3ccccc3)ccc2)c2ccccc21.[Pt+2]. The van der Waals surface area contributed by atoms with Crippen molar-refractivity contribution < 1.29 is 21.1 Å². The molecular formula is C47H33N5Pt. The first-order valence-electron chi connectivity index (χ1n) is 17.6. The van der Waals surface area contributed by atoms with Gasteiger partial charge >= 0.3 is 21.1 Å². The third kappa shape index (κ3) is 5.26. The zero-order valence-corrected chi connectivity index (χ0v) is 31.4. The van der Waals surface area contributed by atoms with Crippen LogP contribution >= 0.6 is 0 Å². The molecule has 6 heteroatoms. The molecule has 0 atom stereocenters. The molecule has 7 aromatic carbocycles. The summed E-state index contributed by atoms with van der Waals surface area (Å²) in [6.07, 6.45) is 0. The van der Waals surface area contributed by atoms with E-state index in [1.807, 2.05) is 24.3 Å². The average Bonchev–Trinajstić information content (AvgIpc) is 3.78. The second-order valence-electron chi connectivity index (χ2n) is 13.8. The molecule has 0 N–H and O–H groups in total. The summed E-state index contributed by atoms with van der Waals surface area (Å²) in [4.78, 5) is 12.7. The summed E-state index contributed by atoms with van der Waals surface area (Å²) in [5, 5.41) is 0. The molecule has 256 valence electrons. The van der Waals surface area contributed by atoms with Crippen molar-refractivity contribution in [3.05, 3.63) is 187 Å². The predicted molar refractivity (Wildman–Crippen MR) is 211 cm³/mol. The quantitative estimate of drug-likeness (QED) is 0.162. The van der Waals surface area contributed by atoms with Crippen LogP contribution in [0, 0.1) is 12.1 Å². The summed E-state index contributed by atoms with van der Waals surface area (Å²) in [5.41, 5.74) is 13.1. The Labute approximate surface area is 323 Å². The number of hydrogen-bond donors (Lipinski definition) is 0. The van der Waals surface area contributed by atoms with Gasteiger partial charge in [0.25, 0.3) is 0 Å². The largest absolute Gasteiger partial charge is 2.00 e. The molecule has 3 heterocycles. The standard InChI is InChI=1S/C47H33N5.Pt/c1-47(2)37-22-9-12-25-41(37)50(36-21-15-16-32(30-36)45-48-39-23-10-13-26-42(39)51(45)34-17-5-3-6-18-34)44-31-33(28-29-38(44)47)46-49-40-24-11-14-27-43(40)52(46)35-19-7-4-8-20-35;/h3-29H,1-2H3;/q-2;+2. The molecule has 1 aliphatic rings. The fourth-order valence-electron chi connectivity index (χ4n) is 7.81. The molecule has 2 aromatic heterocycles. The molecule has 5 nitrogen and oxygen atoms in total. The second-order valence-corrected chi connectivity index (χ2v) is 13.8. The van der Waals surface area contributed by atoms with E-state index in [1.165, 1.54) is 11.1 Å². The molecule has 10 rings (SSSR count). The maximum Gasteiger partial charge on any atom is 2.00 e. The van der Waals surface area contributed by atoms with Gasteiger partial charge in [-0.1, -0.05) is 98.3 Å². The molecule has 0 unspecified atom stereocenters. The van der Waals surface area contributed by atoms with E-state index in [0.29, 0.717) is 0 Å². The van der Waals surface area contributed by atoms with E-state index in [1.54, 1.807) is 0 Å². The van der Waals surface area contributed by atoms with E-state index in [2.05, 4.69) is 180 Å². The number of para-hydroxylation sites is 7. The Morgan fingerprint density at radius 3 is 1.62 bits per heavy atom. The number of imidazole rings is 2. The Hall–Kier alpha value is -6.03. The van der Waals surface area contributed by atoms with E-state index in [0.717, 1.165) is 73.3 Å². The topological polar surface area (TPSA) is 38.9 Å². The van der Waals surface area contributed by atoms with Gasteiger partial charge in [-0.25, -0.2) is 0 Å². The minimum Gasteiger partial charge on any atom is -0.346 e. The molecule has 0 fully saturated rings. The van der Waals surface area contributed by atoms with Crippen molar-refractivity contribution in [1.82, 2.24) is 19.1 Å². The minimum absolute atomic E-state index is 0. The fourth-order valence-corrected chi connectivity index (χ4v) is 7.81. The van der Waals surface area contributed by atoms with Gasteiger partial charge in [0.1, 0.15) is 0 Å².